The van der Waals surface area contributed by atoms with Gasteiger partial charge in [-0.05, 0) is 112 Å². The van der Waals surface area contributed by atoms with Gasteiger partial charge in [0.15, 0.2) is 5.82 Å². The van der Waals surface area contributed by atoms with Crippen molar-refractivity contribution >= 4 is 34.1 Å². The molecule has 2 aromatic carbocycles. The molecular formula is C38H45N7O3. The van der Waals surface area contributed by atoms with Crippen molar-refractivity contribution in [2.24, 2.45) is 5.73 Å². The van der Waals surface area contributed by atoms with E-state index in [9.17, 15) is 9.90 Å². The predicted molar refractivity (Wildman–Crippen MR) is 186 cm³/mol. The Balaban J connectivity index is 1.11. The first-order chi connectivity index (χ1) is 23.4. The quantitative estimate of drug-likeness (QED) is 0.214. The van der Waals surface area contributed by atoms with Gasteiger partial charge in [-0.15, -0.1) is 0 Å². The molecule has 1 atom stereocenters. The number of nitrogens with two attached hydrogens (primary N) is 1. The Morgan fingerprint density at radius 2 is 1.79 bits per heavy atom. The highest BCUT2D eigenvalue weighted by Crippen LogP contribution is 2.52. The minimum absolute atomic E-state index is 0.219. The van der Waals surface area contributed by atoms with Crippen molar-refractivity contribution in [3.8, 4) is 11.3 Å². The molecule has 2 aliphatic carbocycles. The Hall–Kier alpha value is -3.83. The van der Waals surface area contributed by atoms with E-state index in [1.54, 1.807) is 0 Å². The SMILES string of the molecule is Cc1ccc(Nc2nc(-c3ccc4c(c3)N(C3CC(N5CCCCC5)C3)C(=O)C43CCOCC3)cc3ncn(C4CC4)c23)cc1C(N)O. The number of aliphatic hydroxyl groups is 1. The van der Waals surface area contributed by atoms with Crippen molar-refractivity contribution in [3.63, 3.8) is 0 Å². The van der Waals surface area contributed by atoms with Crippen LogP contribution in [-0.2, 0) is 14.9 Å². The summed E-state index contributed by atoms with van der Waals surface area (Å²) < 4.78 is 8.00. The van der Waals surface area contributed by atoms with Gasteiger partial charge >= 0.3 is 0 Å². The van der Waals surface area contributed by atoms with Crippen molar-refractivity contribution in [1.29, 1.82) is 0 Å². The van der Waals surface area contributed by atoms with E-state index in [1.165, 1.54) is 32.4 Å². The van der Waals surface area contributed by atoms with E-state index < -0.39 is 11.6 Å². The van der Waals surface area contributed by atoms with Crippen LogP contribution in [0.4, 0.5) is 17.2 Å². The van der Waals surface area contributed by atoms with Crippen molar-refractivity contribution in [1.82, 2.24) is 19.4 Å². The van der Waals surface area contributed by atoms with Crippen molar-refractivity contribution in [2.45, 2.75) is 94.5 Å². The molecule has 4 N–H and O–H groups in total. The lowest BCUT2D eigenvalue weighted by atomic mass is 9.75. The number of nitrogens with one attached hydrogen (secondary N) is 1. The van der Waals surface area contributed by atoms with Crippen LogP contribution in [0.2, 0.25) is 0 Å². The number of hydrogen-bond acceptors (Lipinski definition) is 8. The summed E-state index contributed by atoms with van der Waals surface area (Å²) in [5, 5.41) is 13.7. The smallest absolute Gasteiger partial charge is 0.238 e. The van der Waals surface area contributed by atoms with E-state index in [-0.39, 0.29) is 11.9 Å². The molecule has 4 aromatic rings. The van der Waals surface area contributed by atoms with Crippen LogP contribution in [-0.4, -0.2) is 68.8 Å². The Morgan fingerprint density at radius 3 is 2.54 bits per heavy atom. The number of amides is 1. The van der Waals surface area contributed by atoms with E-state index >= 15 is 0 Å². The van der Waals surface area contributed by atoms with Crippen LogP contribution in [0.3, 0.4) is 0 Å². The number of carbonyl (C=O) groups excluding carboxylic acids is 1. The lowest BCUT2D eigenvalue weighted by Crippen LogP contribution is -2.57. The van der Waals surface area contributed by atoms with E-state index in [0.717, 1.165) is 83.3 Å². The largest absolute Gasteiger partial charge is 0.381 e. The number of imidazole rings is 1. The number of piperidine rings is 1. The molecule has 5 heterocycles. The highest BCUT2D eigenvalue weighted by atomic mass is 16.5. The molecular weight excluding hydrogens is 602 g/mol. The summed E-state index contributed by atoms with van der Waals surface area (Å²) in [6.07, 6.45) is 10.5. The summed E-state index contributed by atoms with van der Waals surface area (Å²) in [6.45, 7) is 5.54. The van der Waals surface area contributed by atoms with Crippen molar-refractivity contribution in [2.75, 3.05) is 36.5 Å². The molecule has 1 spiro atoms. The highest BCUT2D eigenvalue weighted by molar-refractivity contribution is 6.09. The molecule has 4 fully saturated rings. The molecule has 3 aliphatic heterocycles. The maximum atomic E-state index is 14.5. The Kier molecular flexibility index (Phi) is 7.34. The Bertz CT molecular complexity index is 1880. The van der Waals surface area contributed by atoms with E-state index in [2.05, 4.69) is 43.9 Å². The van der Waals surface area contributed by atoms with Gasteiger partial charge in [0.25, 0.3) is 0 Å². The standard InChI is InChI=1S/C38H45N7O3/c1-23-5-7-25(18-29(23)35(39)46)41-36-34-32(40-22-44(34)26-8-9-26)21-31(42-36)24-6-10-30-33(17-24)45(37(47)38(30)11-15-48-16-12-38)28-19-27(20-28)43-13-3-2-4-14-43/h5-7,10,17-18,21-22,26-28,35,46H,2-4,8-9,11-16,19-20,39H2,1H3,(H,41,42). The van der Waals surface area contributed by atoms with E-state index in [1.807, 2.05) is 31.5 Å². The zero-order valence-corrected chi connectivity index (χ0v) is 27.7. The summed E-state index contributed by atoms with van der Waals surface area (Å²) in [5.41, 5.74) is 13.6. The Morgan fingerprint density at radius 1 is 1.00 bits per heavy atom. The number of ether oxygens (including phenoxy) is 1. The molecule has 10 nitrogen and oxygen atoms in total. The topological polar surface area (TPSA) is 122 Å². The zero-order valence-electron chi connectivity index (χ0n) is 27.7. The number of aliphatic hydroxyl groups excluding tert-OH is 1. The van der Waals surface area contributed by atoms with Crippen LogP contribution in [0.5, 0.6) is 0 Å². The third-order valence-electron chi connectivity index (χ3n) is 11.8. The molecule has 10 heteroatoms. The number of rotatable bonds is 7. The van der Waals surface area contributed by atoms with Gasteiger partial charge in [-0.3, -0.25) is 4.79 Å². The first-order valence-corrected chi connectivity index (χ1v) is 17.9. The predicted octanol–water partition coefficient (Wildman–Crippen LogP) is 5.85. The average molecular weight is 648 g/mol. The lowest BCUT2D eigenvalue weighted by molar-refractivity contribution is -0.127. The molecule has 9 rings (SSSR count). The van der Waals surface area contributed by atoms with Gasteiger partial charge in [-0.2, -0.15) is 0 Å². The van der Waals surface area contributed by atoms with Crippen LogP contribution in [0, 0.1) is 6.92 Å². The van der Waals surface area contributed by atoms with Gasteiger partial charge in [0.1, 0.15) is 11.7 Å². The van der Waals surface area contributed by atoms with Gasteiger partial charge in [-0.25, -0.2) is 9.97 Å². The minimum Gasteiger partial charge on any atom is -0.381 e. The van der Waals surface area contributed by atoms with Gasteiger partial charge < -0.3 is 35.3 Å². The molecule has 48 heavy (non-hydrogen) atoms. The van der Waals surface area contributed by atoms with Gasteiger partial charge in [0, 0.05) is 48.3 Å². The average Bonchev–Trinajstić information content (AvgIpc) is 3.80. The lowest BCUT2D eigenvalue weighted by Gasteiger charge is -2.48. The van der Waals surface area contributed by atoms with Gasteiger partial charge in [-0.1, -0.05) is 24.6 Å². The minimum atomic E-state index is -1.06. The molecule has 250 valence electrons. The normalized spacial score (nSPS) is 24.6. The second-order valence-electron chi connectivity index (χ2n) is 14.7. The van der Waals surface area contributed by atoms with Gasteiger partial charge in [0.05, 0.1) is 23.0 Å². The van der Waals surface area contributed by atoms with Crippen LogP contribution < -0.4 is 16.0 Å². The third kappa shape index (κ3) is 4.95. The van der Waals surface area contributed by atoms with Gasteiger partial charge in [0.2, 0.25) is 5.91 Å². The fourth-order valence-electron chi connectivity index (χ4n) is 8.77. The molecule has 2 saturated heterocycles. The fourth-order valence-corrected chi connectivity index (χ4v) is 8.77. The molecule has 0 radical (unpaired) electrons. The number of aryl methyl sites for hydroxylation is 1. The number of aromatic nitrogens is 3. The monoisotopic (exact) mass is 647 g/mol. The highest BCUT2D eigenvalue weighted by Gasteiger charge is 2.55. The summed E-state index contributed by atoms with van der Waals surface area (Å²) >= 11 is 0. The number of carbonyl (C=O) groups is 1. The summed E-state index contributed by atoms with van der Waals surface area (Å²) in [6, 6.07) is 15.7. The summed E-state index contributed by atoms with van der Waals surface area (Å²) in [4.78, 5) is 29.4. The fraction of sp³-hybridized carbons (Fsp3) is 0.500. The van der Waals surface area contributed by atoms with E-state index in [4.69, 9.17) is 20.4 Å². The number of hydrogen-bond donors (Lipinski definition) is 3. The molecule has 2 aromatic heterocycles. The van der Waals surface area contributed by atoms with Crippen molar-refractivity contribution in [3.05, 3.63) is 65.5 Å². The Labute approximate surface area is 281 Å². The molecule has 2 saturated carbocycles. The van der Waals surface area contributed by atoms with Crippen LogP contribution in [0.15, 0.2) is 48.8 Å². The molecule has 1 amide bonds. The first-order valence-electron chi connectivity index (χ1n) is 17.9. The van der Waals surface area contributed by atoms with E-state index in [0.29, 0.717) is 36.7 Å². The van der Waals surface area contributed by atoms with Crippen LogP contribution >= 0.6 is 0 Å². The first kappa shape index (κ1) is 30.2. The van der Waals surface area contributed by atoms with Crippen LogP contribution in [0.25, 0.3) is 22.3 Å². The zero-order chi connectivity index (χ0) is 32.6. The molecule has 5 aliphatic rings. The second-order valence-corrected chi connectivity index (χ2v) is 14.7. The third-order valence-corrected chi connectivity index (χ3v) is 11.8. The number of fused-ring (bicyclic) bond motifs is 3. The summed E-state index contributed by atoms with van der Waals surface area (Å²) in [7, 11) is 0. The number of anilines is 3. The molecule has 1 unspecified atom stereocenters. The molecule has 0 bridgehead atoms. The second kappa shape index (κ2) is 11.7. The number of nitrogens with zero attached hydrogens (tertiary/aromatic N) is 5. The van der Waals surface area contributed by atoms with Crippen LogP contribution in [0.1, 0.15) is 86.7 Å². The number of benzene rings is 2. The van der Waals surface area contributed by atoms with Crippen molar-refractivity contribution < 1.29 is 14.6 Å². The maximum absolute atomic E-state index is 14.5. The number of pyridine rings is 1. The number of likely N-dealkylation sites (tertiary alicyclic amines) is 1. The maximum Gasteiger partial charge on any atom is 0.238 e. The summed E-state index contributed by atoms with van der Waals surface area (Å²) in [5.74, 6) is 0.970.